The van der Waals surface area contributed by atoms with Gasteiger partial charge in [0.25, 0.3) is 5.91 Å². The van der Waals surface area contributed by atoms with Crippen molar-refractivity contribution in [3.8, 4) is 11.5 Å². The zero-order chi connectivity index (χ0) is 30.8. The molecule has 0 radical (unpaired) electrons. The van der Waals surface area contributed by atoms with Crippen LogP contribution < -0.4 is 14.8 Å². The Labute approximate surface area is 261 Å². The molecule has 1 fully saturated rings. The highest BCUT2D eigenvalue weighted by molar-refractivity contribution is 7.16. The van der Waals surface area contributed by atoms with E-state index in [1.807, 2.05) is 38.1 Å². The van der Waals surface area contributed by atoms with Gasteiger partial charge in [0.15, 0.2) is 11.9 Å². The molecule has 2 aromatic carbocycles. The van der Waals surface area contributed by atoms with E-state index in [1.165, 1.54) is 11.8 Å². The smallest absolute Gasteiger partial charge is 0.304 e. The van der Waals surface area contributed by atoms with Gasteiger partial charge in [0.1, 0.15) is 17.2 Å². The van der Waals surface area contributed by atoms with E-state index >= 15 is 0 Å². The first-order chi connectivity index (χ1) is 20.6. The van der Waals surface area contributed by atoms with Gasteiger partial charge in [-0.05, 0) is 81.5 Å². The predicted octanol–water partition coefficient (Wildman–Crippen LogP) is 8.16. The van der Waals surface area contributed by atoms with Gasteiger partial charge in [-0.25, -0.2) is 4.98 Å². The third-order valence-corrected chi connectivity index (χ3v) is 9.88. The SMILES string of the molecule is CCc1nc(NC(=O)c2c(C)c3cc(C)ccc3n2COC(C)=O)sc1C1CCC(c2cc(OC)c(Cl)cc2OC)CC1. The molecular formula is C33H38ClN3O5S. The highest BCUT2D eigenvalue weighted by atomic mass is 35.5. The second-order valence-corrected chi connectivity index (χ2v) is 12.5. The molecule has 1 aliphatic carbocycles. The van der Waals surface area contributed by atoms with Gasteiger partial charge in [0.2, 0.25) is 0 Å². The first kappa shape index (κ1) is 30.9. The lowest BCUT2D eigenvalue weighted by Gasteiger charge is -2.29. The second kappa shape index (κ2) is 13.0. The van der Waals surface area contributed by atoms with Crippen LogP contribution in [-0.2, 0) is 22.7 Å². The highest BCUT2D eigenvalue weighted by Gasteiger charge is 2.30. The number of halogens is 1. The number of hydrogen-bond acceptors (Lipinski definition) is 7. The van der Waals surface area contributed by atoms with Crippen LogP contribution in [0.25, 0.3) is 10.9 Å². The molecule has 8 nitrogen and oxygen atoms in total. The van der Waals surface area contributed by atoms with Crippen LogP contribution in [0, 0.1) is 13.8 Å². The number of aromatic nitrogens is 2. The summed E-state index contributed by atoms with van der Waals surface area (Å²) in [6.45, 7) is 7.37. The molecule has 5 rings (SSSR count). The maximum Gasteiger partial charge on any atom is 0.304 e. The molecule has 1 aliphatic rings. The van der Waals surface area contributed by atoms with E-state index in [9.17, 15) is 9.59 Å². The predicted molar refractivity (Wildman–Crippen MR) is 171 cm³/mol. The average molecular weight is 624 g/mol. The summed E-state index contributed by atoms with van der Waals surface area (Å²) in [4.78, 5) is 31.5. The van der Waals surface area contributed by atoms with E-state index in [1.54, 1.807) is 30.1 Å². The number of methoxy groups -OCH3 is 2. The Bertz CT molecular complexity index is 1670. The van der Waals surface area contributed by atoms with E-state index in [0.29, 0.717) is 33.4 Å². The maximum absolute atomic E-state index is 13.7. The number of nitrogens with zero attached hydrogens (tertiary/aromatic N) is 2. The number of aryl methyl sites for hydroxylation is 3. The average Bonchev–Trinajstić information content (AvgIpc) is 3.53. The number of ether oxygens (including phenoxy) is 3. The molecule has 0 atom stereocenters. The highest BCUT2D eigenvalue weighted by Crippen LogP contribution is 2.47. The van der Waals surface area contributed by atoms with Gasteiger partial charge in [-0.1, -0.05) is 30.2 Å². The number of benzene rings is 2. The molecule has 0 bridgehead atoms. The number of carbonyl (C=O) groups excluding carboxylic acids is 2. The van der Waals surface area contributed by atoms with Crippen molar-refractivity contribution in [3.63, 3.8) is 0 Å². The Kier molecular flexibility index (Phi) is 9.32. The minimum Gasteiger partial charge on any atom is -0.496 e. The normalized spacial score (nSPS) is 16.7. The third kappa shape index (κ3) is 6.24. The number of fused-ring (bicyclic) bond motifs is 1. The summed E-state index contributed by atoms with van der Waals surface area (Å²) in [6.07, 6.45) is 4.81. The lowest BCUT2D eigenvalue weighted by atomic mass is 9.77. The molecule has 228 valence electrons. The monoisotopic (exact) mass is 623 g/mol. The zero-order valence-electron chi connectivity index (χ0n) is 25.5. The molecule has 0 aliphatic heterocycles. The summed E-state index contributed by atoms with van der Waals surface area (Å²) >= 11 is 7.91. The Morgan fingerprint density at radius 3 is 2.40 bits per heavy atom. The molecule has 2 aromatic heterocycles. The topological polar surface area (TPSA) is 91.7 Å². The minimum absolute atomic E-state index is 0.0393. The van der Waals surface area contributed by atoms with Crippen molar-refractivity contribution >= 4 is 50.8 Å². The van der Waals surface area contributed by atoms with Crippen LogP contribution in [0.15, 0.2) is 30.3 Å². The summed E-state index contributed by atoms with van der Waals surface area (Å²) in [7, 11) is 3.30. The first-order valence-corrected chi connectivity index (χ1v) is 15.8. The summed E-state index contributed by atoms with van der Waals surface area (Å²) in [5, 5.41) is 5.15. The quantitative estimate of drug-likeness (QED) is 0.189. The van der Waals surface area contributed by atoms with Crippen LogP contribution in [-0.4, -0.2) is 35.6 Å². The number of esters is 1. The van der Waals surface area contributed by atoms with Gasteiger partial charge in [0.05, 0.1) is 30.5 Å². The van der Waals surface area contributed by atoms with E-state index in [0.717, 1.165) is 71.1 Å². The fraction of sp³-hybridized carbons (Fsp3) is 0.424. The van der Waals surface area contributed by atoms with Crippen molar-refractivity contribution in [2.24, 2.45) is 0 Å². The van der Waals surface area contributed by atoms with E-state index in [4.69, 9.17) is 30.8 Å². The lowest BCUT2D eigenvalue weighted by Crippen LogP contribution is -2.19. The second-order valence-electron chi connectivity index (χ2n) is 11.1. The molecule has 4 aromatic rings. The van der Waals surface area contributed by atoms with Crippen LogP contribution in [0.2, 0.25) is 5.02 Å². The van der Waals surface area contributed by atoms with Crippen LogP contribution in [0.4, 0.5) is 5.13 Å². The molecule has 43 heavy (non-hydrogen) atoms. The number of amides is 1. The molecular weight excluding hydrogens is 586 g/mol. The zero-order valence-corrected chi connectivity index (χ0v) is 27.1. The van der Waals surface area contributed by atoms with Crippen molar-refractivity contribution in [1.82, 2.24) is 9.55 Å². The summed E-state index contributed by atoms with van der Waals surface area (Å²) in [5.74, 6) is 1.50. The van der Waals surface area contributed by atoms with E-state index in [2.05, 4.69) is 18.3 Å². The first-order valence-electron chi connectivity index (χ1n) is 14.6. The van der Waals surface area contributed by atoms with Crippen molar-refractivity contribution in [3.05, 3.63) is 68.3 Å². The van der Waals surface area contributed by atoms with Crippen molar-refractivity contribution in [2.75, 3.05) is 19.5 Å². The summed E-state index contributed by atoms with van der Waals surface area (Å²) < 4.78 is 18.2. The number of anilines is 1. The molecule has 0 spiro atoms. The Balaban J connectivity index is 1.36. The molecule has 2 heterocycles. The molecule has 0 unspecified atom stereocenters. The molecule has 1 amide bonds. The van der Waals surface area contributed by atoms with Crippen molar-refractivity contribution < 1.29 is 23.8 Å². The van der Waals surface area contributed by atoms with Crippen molar-refractivity contribution in [2.45, 2.75) is 78.4 Å². The minimum atomic E-state index is -0.404. The standard InChI is InChI=1S/C33H38ClN3O5S/c1-7-26-31(22-11-9-21(10-12-22)24-15-29(41-6)25(34)16-28(24)40-5)43-33(35-26)36-32(39)30-19(3)23-14-18(2)8-13-27(23)37(30)17-42-20(4)38/h8,13-16,21-22H,7,9-12,17H2,1-6H3,(H,35,36,39). The van der Waals surface area contributed by atoms with E-state index < -0.39 is 5.97 Å². The van der Waals surface area contributed by atoms with Gasteiger partial charge in [-0.15, -0.1) is 11.3 Å². The largest absolute Gasteiger partial charge is 0.496 e. The number of nitrogens with one attached hydrogen (secondary N) is 1. The molecule has 0 saturated heterocycles. The van der Waals surface area contributed by atoms with Crippen LogP contribution >= 0.6 is 22.9 Å². The number of hydrogen-bond donors (Lipinski definition) is 1. The molecule has 1 N–H and O–H groups in total. The maximum atomic E-state index is 13.7. The summed E-state index contributed by atoms with van der Waals surface area (Å²) in [6, 6.07) is 9.84. The van der Waals surface area contributed by atoms with E-state index in [-0.39, 0.29) is 12.6 Å². The Morgan fingerprint density at radius 2 is 1.74 bits per heavy atom. The number of rotatable bonds is 9. The molecule has 1 saturated carbocycles. The van der Waals surface area contributed by atoms with Crippen LogP contribution in [0.5, 0.6) is 11.5 Å². The number of carbonyl (C=O) groups is 2. The molecule has 10 heteroatoms. The lowest BCUT2D eigenvalue weighted by molar-refractivity contribution is -0.144. The number of thiazole rings is 1. The van der Waals surface area contributed by atoms with Crippen LogP contribution in [0.1, 0.15) is 89.1 Å². The van der Waals surface area contributed by atoms with Gasteiger partial charge in [-0.3, -0.25) is 14.9 Å². The Morgan fingerprint density at radius 1 is 1.05 bits per heavy atom. The van der Waals surface area contributed by atoms with Gasteiger partial charge in [0, 0.05) is 28.8 Å². The van der Waals surface area contributed by atoms with Crippen molar-refractivity contribution in [1.29, 1.82) is 0 Å². The van der Waals surface area contributed by atoms with Crippen LogP contribution in [0.3, 0.4) is 0 Å². The summed E-state index contributed by atoms with van der Waals surface area (Å²) in [5.41, 5.74) is 5.39. The Hall–Kier alpha value is -3.56. The van der Waals surface area contributed by atoms with Gasteiger partial charge >= 0.3 is 5.97 Å². The van der Waals surface area contributed by atoms with Gasteiger partial charge in [-0.2, -0.15) is 0 Å². The third-order valence-electron chi connectivity index (χ3n) is 8.41. The fourth-order valence-electron chi connectivity index (χ4n) is 6.23. The fourth-order valence-corrected chi connectivity index (χ4v) is 7.68. The van der Waals surface area contributed by atoms with Gasteiger partial charge < -0.3 is 18.8 Å².